The zero-order valence-electron chi connectivity index (χ0n) is 10.6. The van der Waals surface area contributed by atoms with E-state index < -0.39 is 0 Å². The molecule has 0 atom stereocenters. The lowest BCUT2D eigenvalue weighted by atomic mass is 10.1. The minimum atomic E-state index is 0.499. The standard InChI is InChI=1S/C15H14N2OS/c1-10-12(7-8-18-10)15-17-14(13(9-16)19-15)11-5-3-2-4-6-11/h2-8H,9,16H2,1H3. The van der Waals surface area contributed by atoms with E-state index in [4.69, 9.17) is 15.1 Å². The molecule has 0 amide bonds. The summed E-state index contributed by atoms with van der Waals surface area (Å²) in [5.74, 6) is 0.886. The molecular formula is C15H14N2OS. The second kappa shape index (κ2) is 4.99. The molecule has 2 N–H and O–H groups in total. The minimum absolute atomic E-state index is 0.499. The van der Waals surface area contributed by atoms with Crippen molar-refractivity contribution in [1.29, 1.82) is 0 Å². The number of nitrogens with two attached hydrogens (primary N) is 1. The van der Waals surface area contributed by atoms with Gasteiger partial charge in [-0.25, -0.2) is 4.98 Å². The number of aromatic nitrogens is 1. The quantitative estimate of drug-likeness (QED) is 0.786. The van der Waals surface area contributed by atoms with Crippen molar-refractivity contribution in [2.24, 2.45) is 5.73 Å². The number of hydrogen-bond donors (Lipinski definition) is 1. The van der Waals surface area contributed by atoms with E-state index in [1.165, 1.54) is 0 Å². The van der Waals surface area contributed by atoms with Crippen molar-refractivity contribution in [2.45, 2.75) is 13.5 Å². The normalized spacial score (nSPS) is 10.8. The average molecular weight is 270 g/mol. The summed E-state index contributed by atoms with van der Waals surface area (Å²) in [5, 5.41) is 0.963. The highest BCUT2D eigenvalue weighted by atomic mass is 32.1. The first-order valence-electron chi connectivity index (χ1n) is 6.09. The van der Waals surface area contributed by atoms with E-state index in [1.807, 2.05) is 31.2 Å². The van der Waals surface area contributed by atoms with Gasteiger partial charge in [0.15, 0.2) is 0 Å². The van der Waals surface area contributed by atoms with E-state index >= 15 is 0 Å². The Labute approximate surface area is 115 Å². The fourth-order valence-corrected chi connectivity index (χ4v) is 3.07. The number of benzene rings is 1. The number of nitrogens with zero attached hydrogens (tertiary/aromatic N) is 1. The van der Waals surface area contributed by atoms with Gasteiger partial charge in [-0.05, 0) is 13.0 Å². The smallest absolute Gasteiger partial charge is 0.127 e. The van der Waals surface area contributed by atoms with E-state index in [9.17, 15) is 0 Å². The van der Waals surface area contributed by atoms with Crippen molar-refractivity contribution in [2.75, 3.05) is 0 Å². The molecular weight excluding hydrogens is 256 g/mol. The molecule has 0 spiro atoms. The summed E-state index contributed by atoms with van der Waals surface area (Å²) in [5.41, 5.74) is 8.96. The van der Waals surface area contributed by atoms with Crippen LogP contribution in [0.15, 0.2) is 47.1 Å². The molecule has 3 nitrogen and oxygen atoms in total. The third-order valence-corrected chi connectivity index (χ3v) is 4.13. The van der Waals surface area contributed by atoms with Crippen LogP contribution in [0.4, 0.5) is 0 Å². The highest BCUT2D eigenvalue weighted by Gasteiger charge is 2.15. The zero-order chi connectivity index (χ0) is 13.2. The van der Waals surface area contributed by atoms with E-state index in [0.29, 0.717) is 6.54 Å². The summed E-state index contributed by atoms with van der Waals surface area (Å²) in [6.07, 6.45) is 1.69. The first-order chi connectivity index (χ1) is 9.29. The maximum absolute atomic E-state index is 5.84. The van der Waals surface area contributed by atoms with E-state index in [1.54, 1.807) is 17.6 Å². The van der Waals surface area contributed by atoms with Gasteiger partial charge in [0.1, 0.15) is 10.8 Å². The van der Waals surface area contributed by atoms with Crippen molar-refractivity contribution in [3.8, 4) is 21.8 Å². The first-order valence-corrected chi connectivity index (χ1v) is 6.91. The van der Waals surface area contributed by atoms with Crippen molar-refractivity contribution >= 4 is 11.3 Å². The van der Waals surface area contributed by atoms with Gasteiger partial charge in [-0.1, -0.05) is 30.3 Å². The predicted molar refractivity (Wildman–Crippen MR) is 77.9 cm³/mol. The van der Waals surface area contributed by atoms with E-state index in [0.717, 1.165) is 32.5 Å². The Balaban J connectivity index is 2.12. The van der Waals surface area contributed by atoms with Crippen LogP contribution in [0, 0.1) is 6.92 Å². The SMILES string of the molecule is Cc1occc1-c1nc(-c2ccccc2)c(CN)s1. The average Bonchev–Trinajstić information content (AvgIpc) is 3.05. The Bertz CT molecular complexity index is 685. The third kappa shape index (κ3) is 2.20. The summed E-state index contributed by atoms with van der Waals surface area (Å²) in [4.78, 5) is 5.83. The summed E-state index contributed by atoms with van der Waals surface area (Å²) >= 11 is 1.63. The van der Waals surface area contributed by atoms with Crippen molar-refractivity contribution in [3.63, 3.8) is 0 Å². The van der Waals surface area contributed by atoms with Crippen molar-refractivity contribution in [1.82, 2.24) is 4.98 Å². The lowest BCUT2D eigenvalue weighted by molar-refractivity contribution is 0.535. The Hall–Kier alpha value is -1.91. The van der Waals surface area contributed by atoms with Gasteiger partial charge in [-0.3, -0.25) is 0 Å². The minimum Gasteiger partial charge on any atom is -0.469 e. The Kier molecular flexibility index (Phi) is 3.19. The monoisotopic (exact) mass is 270 g/mol. The highest BCUT2D eigenvalue weighted by Crippen LogP contribution is 2.35. The van der Waals surface area contributed by atoms with Gasteiger partial charge in [0.2, 0.25) is 0 Å². The van der Waals surface area contributed by atoms with Gasteiger partial charge in [0.25, 0.3) is 0 Å². The summed E-state index contributed by atoms with van der Waals surface area (Å²) < 4.78 is 5.34. The molecule has 3 aromatic rings. The Morgan fingerprint density at radius 3 is 2.63 bits per heavy atom. The molecule has 2 aromatic heterocycles. The molecule has 2 heterocycles. The summed E-state index contributed by atoms with van der Waals surface area (Å²) in [7, 11) is 0. The Morgan fingerprint density at radius 1 is 1.21 bits per heavy atom. The van der Waals surface area contributed by atoms with Crippen LogP contribution in [0.5, 0.6) is 0 Å². The molecule has 0 fully saturated rings. The summed E-state index contributed by atoms with van der Waals surface area (Å²) in [6, 6.07) is 12.1. The molecule has 4 heteroatoms. The van der Waals surface area contributed by atoms with Crippen LogP contribution in [0.3, 0.4) is 0 Å². The van der Waals surface area contributed by atoms with Crippen LogP contribution in [-0.4, -0.2) is 4.98 Å². The molecule has 3 rings (SSSR count). The maximum Gasteiger partial charge on any atom is 0.127 e. The lowest BCUT2D eigenvalue weighted by Gasteiger charge is -1.98. The number of furan rings is 1. The third-order valence-electron chi connectivity index (χ3n) is 3.02. The summed E-state index contributed by atoms with van der Waals surface area (Å²) in [6.45, 7) is 2.44. The number of thiazole rings is 1. The van der Waals surface area contributed by atoms with Gasteiger partial charge >= 0.3 is 0 Å². The largest absolute Gasteiger partial charge is 0.469 e. The zero-order valence-corrected chi connectivity index (χ0v) is 11.4. The van der Waals surface area contributed by atoms with Crippen LogP contribution in [0.2, 0.25) is 0 Å². The van der Waals surface area contributed by atoms with Crippen LogP contribution in [0.1, 0.15) is 10.6 Å². The molecule has 96 valence electrons. The van der Waals surface area contributed by atoms with Crippen LogP contribution in [-0.2, 0) is 6.54 Å². The molecule has 0 saturated heterocycles. The number of rotatable bonds is 3. The van der Waals surface area contributed by atoms with Gasteiger partial charge in [-0.2, -0.15) is 0 Å². The fraction of sp³-hybridized carbons (Fsp3) is 0.133. The van der Waals surface area contributed by atoms with Crippen molar-refractivity contribution in [3.05, 3.63) is 53.3 Å². The van der Waals surface area contributed by atoms with Gasteiger partial charge in [0.05, 0.1) is 17.5 Å². The second-order valence-electron chi connectivity index (χ2n) is 4.25. The molecule has 0 unspecified atom stereocenters. The maximum atomic E-state index is 5.84. The van der Waals surface area contributed by atoms with E-state index in [2.05, 4.69) is 12.1 Å². The van der Waals surface area contributed by atoms with Crippen LogP contribution >= 0.6 is 11.3 Å². The number of hydrogen-bond acceptors (Lipinski definition) is 4. The highest BCUT2D eigenvalue weighted by molar-refractivity contribution is 7.15. The van der Waals surface area contributed by atoms with Crippen LogP contribution in [0.25, 0.3) is 21.8 Å². The molecule has 1 aromatic carbocycles. The Morgan fingerprint density at radius 2 is 2.00 bits per heavy atom. The molecule has 0 aliphatic heterocycles. The molecule has 0 bridgehead atoms. The van der Waals surface area contributed by atoms with Gasteiger partial charge in [0, 0.05) is 17.0 Å². The van der Waals surface area contributed by atoms with Crippen molar-refractivity contribution < 1.29 is 4.42 Å². The van der Waals surface area contributed by atoms with E-state index in [-0.39, 0.29) is 0 Å². The van der Waals surface area contributed by atoms with Gasteiger partial charge in [-0.15, -0.1) is 11.3 Å². The topological polar surface area (TPSA) is 52.0 Å². The molecule has 0 saturated carbocycles. The fourth-order valence-electron chi connectivity index (χ4n) is 2.03. The molecule has 0 aliphatic rings. The predicted octanol–water partition coefficient (Wildman–Crippen LogP) is 3.84. The van der Waals surface area contributed by atoms with Gasteiger partial charge < -0.3 is 10.2 Å². The molecule has 0 radical (unpaired) electrons. The van der Waals surface area contributed by atoms with Crippen LogP contribution < -0.4 is 5.73 Å². The molecule has 0 aliphatic carbocycles. The molecule has 19 heavy (non-hydrogen) atoms. The lowest BCUT2D eigenvalue weighted by Crippen LogP contribution is -1.95. The second-order valence-corrected chi connectivity index (χ2v) is 5.34. The number of aryl methyl sites for hydroxylation is 1. The first kappa shape index (κ1) is 12.1.